The molecule has 0 aromatic heterocycles. The molecule has 0 aliphatic heterocycles. The van der Waals surface area contributed by atoms with Gasteiger partial charge in [0.15, 0.2) is 14.6 Å². The third-order valence-electron chi connectivity index (χ3n) is 5.24. The summed E-state index contributed by atoms with van der Waals surface area (Å²) in [6.45, 7) is 0. The molecule has 0 saturated heterocycles. The molecule has 0 bridgehead atoms. The van der Waals surface area contributed by atoms with E-state index in [2.05, 4.69) is 5.32 Å². The van der Waals surface area contributed by atoms with Crippen molar-refractivity contribution in [3.63, 3.8) is 0 Å². The summed E-state index contributed by atoms with van der Waals surface area (Å²) in [6, 6.07) is 12.4. The van der Waals surface area contributed by atoms with Gasteiger partial charge in [0, 0.05) is 30.4 Å². The summed E-state index contributed by atoms with van der Waals surface area (Å²) in [7, 11) is -0.645. The molecule has 2 aromatic rings. The fourth-order valence-corrected chi connectivity index (χ4v) is 5.83. The SMILES string of the molecule is CN(C)C(=O)c1cccc(NC(=O)C2(S(=O)(=O)c3ccc(Cl)cc3)CCCC2)c1. The Bertz CT molecular complexity index is 1030. The molecule has 154 valence electrons. The largest absolute Gasteiger partial charge is 0.345 e. The van der Waals surface area contributed by atoms with Gasteiger partial charge in [-0.05, 0) is 55.3 Å². The van der Waals surface area contributed by atoms with Crippen LogP contribution in [0.2, 0.25) is 5.02 Å². The minimum atomic E-state index is -3.92. The second kappa shape index (κ2) is 8.16. The molecule has 2 amide bonds. The number of hydrogen-bond donors (Lipinski definition) is 1. The van der Waals surface area contributed by atoms with Gasteiger partial charge in [0.1, 0.15) is 0 Å². The Kier molecular flexibility index (Phi) is 6.00. The van der Waals surface area contributed by atoms with E-state index in [-0.39, 0.29) is 23.6 Å². The Balaban J connectivity index is 1.94. The van der Waals surface area contributed by atoms with Crippen LogP contribution in [0.3, 0.4) is 0 Å². The van der Waals surface area contributed by atoms with Gasteiger partial charge in [0.2, 0.25) is 5.91 Å². The normalized spacial score (nSPS) is 15.7. The molecule has 0 heterocycles. The average Bonchev–Trinajstić information content (AvgIpc) is 3.20. The molecule has 29 heavy (non-hydrogen) atoms. The van der Waals surface area contributed by atoms with Crippen molar-refractivity contribution in [2.75, 3.05) is 19.4 Å². The summed E-state index contributed by atoms with van der Waals surface area (Å²) in [5, 5.41) is 3.16. The van der Waals surface area contributed by atoms with Crippen molar-refractivity contribution in [3.8, 4) is 0 Å². The van der Waals surface area contributed by atoms with Gasteiger partial charge in [-0.3, -0.25) is 9.59 Å². The molecule has 0 unspecified atom stereocenters. The number of benzene rings is 2. The molecular formula is C21H23ClN2O4S. The van der Waals surface area contributed by atoms with Crippen LogP contribution < -0.4 is 5.32 Å². The number of anilines is 1. The smallest absolute Gasteiger partial charge is 0.253 e. The van der Waals surface area contributed by atoms with Crippen molar-refractivity contribution in [3.05, 3.63) is 59.1 Å². The van der Waals surface area contributed by atoms with Crippen molar-refractivity contribution in [2.45, 2.75) is 35.3 Å². The van der Waals surface area contributed by atoms with Crippen molar-refractivity contribution in [2.24, 2.45) is 0 Å². The fourth-order valence-electron chi connectivity index (χ4n) is 3.64. The van der Waals surface area contributed by atoms with E-state index >= 15 is 0 Å². The van der Waals surface area contributed by atoms with E-state index in [1.54, 1.807) is 38.4 Å². The van der Waals surface area contributed by atoms with E-state index in [9.17, 15) is 18.0 Å². The number of rotatable bonds is 5. The van der Waals surface area contributed by atoms with E-state index in [4.69, 9.17) is 11.6 Å². The van der Waals surface area contributed by atoms with Crippen LogP contribution in [0.5, 0.6) is 0 Å². The second-order valence-electron chi connectivity index (χ2n) is 7.39. The third kappa shape index (κ3) is 4.02. The highest BCUT2D eigenvalue weighted by molar-refractivity contribution is 7.93. The van der Waals surface area contributed by atoms with Crippen LogP contribution in [0.4, 0.5) is 5.69 Å². The van der Waals surface area contributed by atoms with E-state index in [1.165, 1.54) is 29.2 Å². The number of carbonyl (C=O) groups is 2. The van der Waals surface area contributed by atoms with E-state index in [0.717, 1.165) is 0 Å². The van der Waals surface area contributed by atoms with Crippen molar-refractivity contribution in [1.82, 2.24) is 4.90 Å². The number of nitrogens with one attached hydrogen (secondary N) is 1. The molecule has 1 aliphatic carbocycles. The Hall–Kier alpha value is -2.38. The first kappa shape index (κ1) is 21.3. The summed E-state index contributed by atoms with van der Waals surface area (Å²) in [5.74, 6) is -0.773. The molecule has 1 N–H and O–H groups in total. The highest BCUT2D eigenvalue weighted by Gasteiger charge is 2.52. The van der Waals surface area contributed by atoms with Crippen LogP contribution in [0, 0.1) is 0 Å². The monoisotopic (exact) mass is 434 g/mol. The minimum absolute atomic E-state index is 0.0792. The summed E-state index contributed by atoms with van der Waals surface area (Å²) in [6.07, 6.45) is 1.80. The standard InChI is InChI=1S/C21H23ClN2O4S/c1-24(2)19(25)15-6-5-7-17(14-15)23-20(26)21(12-3-4-13-21)29(27,28)18-10-8-16(22)9-11-18/h5-11,14H,3-4,12-13H2,1-2H3,(H,23,26). The first-order valence-electron chi connectivity index (χ1n) is 9.31. The van der Waals surface area contributed by atoms with Gasteiger partial charge >= 0.3 is 0 Å². The van der Waals surface area contributed by atoms with Gasteiger partial charge < -0.3 is 10.2 Å². The Morgan fingerprint density at radius 1 is 1.03 bits per heavy atom. The maximum Gasteiger partial charge on any atom is 0.253 e. The van der Waals surface area contributed by atoms with E-state index < -0.39 is 20.5 Å². The number of carbonyl (C=O) groups excluding carboxylic acids is 2. The molecule has 1 fully saturated rings. The highest BCUT2D eigenvalue weighted by atomic mass is 35.5. The lowest BCUT2D eigenvalue weighted by molar-refractivity contribution is -0.118. The quantitative estimate of drug-likeness (QED) is 0.776. The topological polar surface area (TPSA) is 83.6 Å². The third-order valence-corrected chi connectivity index (χ3v) is 8.00. The zero-order chi connectivity index (χ0) is 21.2. The number of halogens is 1. The minimum Gasteiger partial charge on any atom is -0.345 e. The van der Waals surface area contributed by atoms with Crippen LogP contribution in [-0.2, 0) is 14.6 Å². The lowest BCUT2D eigenvalue weighted by atomic mass is 10.1. The Labute approximate surface area is 175 Å². The Morgan fingerprint density at radius 3 is 2.24 bits per heavy atom. The van der Waals surface area contributed by atoms with Crippen molar-refractivity contribution in [1.29, 1.82) is 0 Å². The molecule has 1 saturated carbocycles. The molecule has 8 heteroatoms. The van der Waals surface area contributed by atoms with Crippen LogP contribution in [-0.4, -0.2) is 44.0 Å². The molecule has 6 nitrogen and oxygen atoms in total. The number of sulfone groups is 1. The van der Waals surface area contributed by atoms with Gasteiger partial charge in [0.05, 0.1) is 4.90 Å². The van der Waals surface area contributed by atoms with Crippen LogP contribution in [0.1, 0.15) is 36.0 Å². The molecular weight excluding hydrogens is 412 g/mol. The first-order chi connectivity index (χ1) is 13.7. The maximum atomic E-state index is 13.4. The maximum absolute atomic E-state index is 13.4. The lowest BCUT2D eigenvalue weighted by Crippen LogP contribution is -2.47. The average molecular weight is 435 g/mol. The predicted octanol–water partition coefficient (Wildman–Crippen LogP) is 3.77. The lowest BCUT2D eigenvalue weighted by Gasteiger charge is -2.27. The van der Waals surface area contributed by atoms with Gasteiger partial charge in [-0.1, -0.05) is 30.5 Å². The highest BCUT2D eigenvalue weighted by Crippen LogP contribution is 2.41. The molecule has 0 atom stereocenters. The number of amides is 2. The van der Waals surface area contributed by atoms with Crippen molar-refractivity contribution >= 4 is 38.9 Å². The second-order valence-corrected chi connectivity index (χ2v) is 10.1. The van der Waals surface area contributed by atoms with Crippen LogP contribution in [0.25, 0.3) is 0 Å². The molecule has 1 aliphatic rings. The zero-order valence-electron chi connectivity index (χ0n) is 16.3. The summed E-state index contributed by atoms with van der Waals surface area (Å²) in [5.41, 5.74) is 0.800. The Morgan fingerprint density at radius 2 is 1.66 bits per heavy atom. The zero-order valence-corrected chi connectivity index (χ0v) is 17.9. The molecule has 0 spiro atoms. The summed E-state index contributed by atoms with van der Waals surface area (Å²) < 4.78 is 25.3. The first-order valence-corrected chi connectivity index (χ1v) is 11.2. The van der Waals surface area contributed by atoms with Crippen molar-refractivity contribution < 1.29 is 18.0 Å². The number of nitrogens with zero attached hydrogens (tertiary/aromatic N) is 1. The predicted molar refractivity (Wildman–Crippen MR) is 113 cm³/mol. The van der Waals surface area contributed by atoms with Crippen LogP contribution >= 0.6 is 11.6 Å². The molecule has 2 aromatic carbocycles. The van der Waals surface area contributed by atoms with E-state index in [1.807, 2.05) is 0 Å². The van der Waals surface area contributed by atoms with Gasteiger partial charge in [-0.2, -0.15) is 0 Å². The van der Waals surface area contributed by atoms with Crippen LogP contribution in [0.15, 0.2) is 53.4 Å². The summed E-state index contributed by atoms with van der Waals surface area (Å²) in [4.78, 5) is 26.9. The summed E-state index contributed by atoms with van der Waals surface area (Å²) >= 11 is 5.88. The molecule has 3 rings (SSSR count). The molecule has 0 radical (unpaired) electrons. The van der Waals surface area contributed by atoms with Gasteiger partial charge in [-0.15, -0.1) is 0 Å². The van der Waals surface area contributed by atoms with Gasteiger partial charge in [0.25, 0.3) is 5.91 Å². The fraction of sp³-hybridized carbons (Fsp3) is 0.333. The number of hydrogen-bond acceptors (Lipinski definition) is 4. The van der Waals surface area contributed by atoms with E-state index in [0.29, 0.717) is 29.1 Å². The van der Waals surface area contributed by atoms with Gasteiger partial charge in [-0.25, -0.2) is 8.42 Å².